The van der Waals surface area contributed by atoms with Crippen LogP contribution < -0.4 is 0 Å². The molecule has 0 bridgehead atoms. The van der Waals surface area contributed by atoms with Gasteiger partial charge in [-0.15, -0.1) is 0 Å². The van der Waals surface area contributed by atoms with Crippen molar-refractivity contribution in [1.82, 2.24) is 0 Å². The Kier molecular flexibility index (Phi) is 4.24. The second-order valence-corrected chi connectivity index (χ2v) is 4.62. The summed E-state index contributed by atoms with van der Waals surface area (Å²) in [5.41, 5.74) is 0.310. The maximum absolute atomic E-state index is 10.1. The molecule has 78 valence electrons. The summed E-state index contributed by atoms with van der Waals surface area (Å²) in [5.74, 6) is 0. The number of hydrogen-bond donors (Lipinski definition) is 1. The lowest BCUT2D eigenvalue weighted by Gasteiger charge is -2.34. The molecule has 0 heterocycles. The fraction of sp³-hybridized carbons (Fsp3) is 1.00. The van der Waals surface area contributed by atoms with Crippen LogP contribution in [0.3, 0.4) is 0 Å². The number of aliphatic hydroxyl groups excluding tert-OH is 1. The molecule has 0 amide bonds. The van der Waals surface area contributed by atoms with E-state index in [-0.39, 0.29) is 6.10 Å². The van der Waals surface area contributed by atoms with E-state index in [1.54, 1.807) is 0 Å². The van der Waals surface area contributed by atoms with E-state index >= 15 is 0 Å². The molecule has 13 heavy (non-hydrogen) atoms. The lowest BCUT2D eigenvalue weighted by atomic mass is 9.75. The van der Waals surface area contributed by atoms with Crippen LogP contribution >= 0.6 is 0 Å². The molecular weight excluding hydrogens is 160 g/mol. The third-order valence-corrected chi connectivity index (χ3v) is 3.62. The molecule has 0 aromatic rings. The summed E-state index contributed by atoms with van der Waals surface area (Å²) < 4.78 is 0. The Morgan fingerprint density at radius 1 is 1.15 bits per heavy atom. The minimum absolute atomic E-state index is 0.0278. The van der Waals surface area contributed by atoms with Crippen molar-refractivity contribution in [2.45, 2.75) is 71.3 Å². The first-order valence-corrected chi connectivity index (χ1v) is 5.93. The zero-order valence-electron chi connectivity index (χ0n) is 9.18. The highest BCUT2D eigenvalue weighted by molar-refractivity contribution is 4.90. The summed E-state index contributed by atoms with van der Waals surface area (Å²) >= 11 is 0. The average molecular weight is 184 g/mol. The van der Waals surface area contributed by atoms with Gasteiger partial charge in [0.05, 0.1) is 6.10 Å². The van der Waals surface area contributed by atoms with Gasteiger partial charge in [-0.3, -0.25) is 0 Å². The highest BCUT2D eigenvalue weighted by Gasteiger charge is 2.38. The molecule has 1 saturated carbocycles. The number of hydrogen-bond acceptors (Lipinski definition) is 1. The van der Waals surface area contributed by atoms with Crippen LogP contribution in [0.15, 0.2) is 0 Å². The average Bonchev–Trinajstić information content (AvgIpc) is 2.55. The summed E-state index contributed by atoms with van der Waals surface area (Å²) in [7, 11) is 0. The van der Waals surface area contributed by atoms with Gasteiger partial charge in [0, 0.05) is 0 Å². The van der Waals surface area contributed by atoms with E-state index in [1.807, 2.05) is 0 Å². The summed E-state index contributed by atoms with van der Waals surface area (Å²) in [6.07, 6.45) is 9.74. The summed E-state index contributed by atoms with van der Waals surface area (Å²) in [5, 5.41) is 10.1. The van der Waals surface area contributed by atoms with Crippen molar-refractivity contribution in [3.63, 3.8) is 0 Å². The second kappa shape index (κ2) is 4.99. The lowest BCUT2D eigenvalue weighted by molar-refractivity contribution is 0.0145. The van der Waals surface area contributed by atoms with Gasteiger partial charge in [0.1, 0.15) is 0 Å². The zero-order chi connectivity index (χ0) is 9.73. The van der Waals surface area contributed by atoms with E-state index < -0.39 is 0 Å². The predicted octanol–water partition coefficient (Wildman–Crippen LogP) is 3.51. The lowest BCUT2D eigenvalue weighted by Crippen LogP contribution is -2.32. The predicted molar refractivity (Wildman–Crippen MR) is 56.7 cm³/mol. The van der Waals surface area contributed by atoms with Crippen LogP contribution in [0.2, 0.25) is 0 Å². The Bertz CT molecular complexity index is 136. The van der Waals surface area contributed by atoms with Gasteiger partial charge in [-0.1, -0.05) is 39.5 Å². The molecule has 0 radical (unpaired) electrons. The zero-order valence-corrected chi connectivity index (χ0v) is 9.18. The molecule has 1 fully saturated rings. The standard InChI is InChI=1S/C12H24O/c1-3-7-11(13)12(8-4-2)9-5-6-10-12/h11,13H,3-10H2,1-2H3. The molecule has 1 aliphatic carbocycles. The Morgan fingerprint density at radius 2 is 1.77 bits per heavy atom. The van der Waals surface area contributed by atoms with E-state index in [4.69, 9.17) is 0 Å². The van der Waals surface area contributed by atoms with Gasteiger partial charge in [0.15, 0.2) is 0 Å². The second-order valence-electron chi connectivity index (χ2n) is 4.62. The molecule has 0 aliphatic heterocycles. The van der Waals surface area contributed by atoms with Crippen LogP contribution in [0.4, 0.5) is 0 Å². The topological polar surface area (TPSA) is 20.2 Å². The van der Waals surface area contributed by atoms with E-state index in [0.29, 0.717) is 5.41 Å². The molecule has 1 N–H and O–H groups in total. The third kappa shape index (κ3) is 2.46. The number of aliphatic hydroxyl groups is 1. The van der Waals surface area contributed by atoms with E-state index in [2.05, 4.69) is 13.8 Å². The minimum Gasteiger partial charge on any atom is -0.393 e. The normalized spacial score (nSPS) is 23.3. The molecule has 0 spiro atoms. The van der Waals surface area contributed by atoms with E-state index in [1.165, 1.54) is 38.5 Å². The first-order valence-electron chi connectivity index (χ1n) is 5.93. The van der Waals surface area contributed by atoms with Gasteiger partial charge in [-0.25, -0.2) is 0 Å². The highest BCUT2D eigenvalue weighted by Crippen LogP contribution is 2.45. The van der Waals surface area contributed by atoms with E-state index in [0.717, 1.165) is 12.8 Å². The third-order valence-electron chi connectivity index (χ3n) is 3.62. The van der Waals surface area contributed by atoms with Crippen LogP contribution in [0.25, 0.3) is 0 Å². The first-order chi connectivity index (χ1) is 6.25. The molecular formula is C12H24O. The van der Waals surface area contributed by atoms with Crippen LogP contribution in [0, 0.1) is 5.41 Å². The van der Waals surface area contributed by atoms with Crippen molar-refractivity contribution in [3.05, 3.63) is 0 Å². The first kappa shape index (κ1) is 11.0. The molecule has 0 saturated heterocycles. The maximum Gasteiger partial charge on any atom is 0.0596 e. The summed E-state index contributed by atoms with van der Waals surface area (Å²) in [4.78, 5) is 0. The van der Waals surface area contributed by atoms with Crippen molar-refractivity contribution in [2.75, 3.05) is 0 Å². The van der Waals surface area contributed by atoms with Crippen LogP contribution in [-0.2, 0) is 0 Å². The fourth-order valence-corrected chi connectivity index (χ4v) is 2.91. The van der Waals surface area contributed by atoms with E-state index in [9.17, 15) is 5.11 Å². The Morgan fingerprint density at radius 3 is 2.23 bits per heavy atom. The van der Waals surface area contributed by atoms with Gasteiger partial charge in [0.2, 0.25) is 0 Å². The van der Waals surface area contributed by atoms with Gasteiger partial charge in [0.25, 0.3) is 0 Å². The van der Waals surface area contributed by atoms with Crippen molar-refractivity contribution >= 4 is 0 Å². The molecule has 1 unspecified atom stereocenters. The SMILES string of the molecule is CCCC(O)C1(CCC)CCCC1. The monoisotopic (exact) mass is 184 g/mol. The van der Waals surface area contributed by atoms with Crippen molar-refractivity contribution in [1.29, 1.82) is 0 Å². The molecule has 0 aromatic heterocycles. The minimum atomic E-state index is -0.0278. The molecule has 1 atom stereocenters. The van der Waals surface area contributed by atoms with Crippen LogP contribution in [0.1, 0.15) is 65.2 Å². The van der Waals surface area contributed by atoms with Crippen molar-refractivity contribution in [2.24, 2.45) is 5.41 Å². The largest absolute Gasteiger partial charge is 0.393 e. The maximum atomic E-state index is 10.1. The van der Waals surface area contributed by atoms with Crippen molar-refractivity contribution in [3.8, 4) is 0 Å². The Labute approximate surface area is 82.5 Å². The molecule has 1 aliphatic rings. The van der Waals surface area contributed by atoms with Gasteiger partial charge in [-0.05, 0) is 31.1 Å². The quantitative estimate of drug-likeness (QED) is 0.693. The van der Waals surface area contributed by atoms with Gasteiger partial charge in [-0.2, -0.15) is 0 Å². The Balaban J connectivity index is 2.54. The van der Waals surface area contributed by atoms with Crippen molar-refractivity contribution < 1.29 is 5.11 Å². The van der Waals surface area contributed by atoms with Crippen LogP contribution in [-0.4, -0.2) is 11.2 Å². The molecule has 0 aromatic carbocycles. The molecule has 1 heteroatoms. The number of rotatable bonds is 5. The Hall–Kier alpha value is -0.0400. The van der Waals surface area contributed by atoms with Gasteiger partial charge < -0.3 is 5.11 Å². The summed E-state index contributed by atoms with van der Waals surface area (Å²) in [6, 6.07) is 0. The highest BCUT2D eigenvalue weighted by atomic mass is 16.3. The molecule has 1 nitrogen and oxygen atoms in total. The van der Waals surface area contributed by atoms with Gasteiger partial charge >= 0.3 is 0 Å². The fourth-order valence-electron chi connectivity index (χ4n) is 2.91. The molecule has 1 rings (SSSR count). The summed E-state index contributed by atoms with van der Waals surface area (Å²) in [6.45, 7) is 4.40. The van der Waals surface area contributed by atoms with Crippen LogP contribution in [0.5, 0.6) is 0 Å². The smallest absolute Gasteiger partial charge is 0.0596 e.